The molecule has 1 heterocycles. The van der Waals surface area contributed by atoms with Crippen molar-refractivity contribution in [2.75, 3.05) is 33.4 Å². The molecule has 1 N–H and O–H groups in total. The first-order chi connectivity index (χ1) is 12.6. The van der Waals surface area contributed by atoms with Crippen molar-refractivity contribution in [1.82, 2.24) is 10.2 Å². The van der Waals surface area contributed by atoms with Crippen molar-refractivity contribution < 1.29 is 18.7 Å². The molecule has 1 aliphatic carbocycles. The molecule has 1 saturated carbocycles. The SMILES string of the molecule is COc1cc([C@@H](C)NCC2CN(CC3CCCC3)C(=O)CO2)ccc1F. The topological polar surface area (TPSA) is 50.8 Å². The van der Waals surface area contributed by atoms with E-state index in [0.717, 1.165) is 12.1 Å². The number of carbonyl (C=O) groups is 1. The van der Waals surface area contributed by atoms with Gasteiger partial charge in [-0.15, -0.1) is 0 Å². The van der Waals surface area contributed by atoms with Crippen LogP contribution in [-0.4, -0.2) is 50.3 Å². The van der Waals surface area contributed by atoms with E-state index in [4.69, 9.17) is 9.47 Å². The molecule has 6 heteroatoms. The van der Waals surface area contributed by atoms with Crippen molar-refractivity contribution in [3.05, 3.63) is 29.6 Å². The molecule has 2 fully saturated rings. The van der Waals surface area contributed by atoms with Gasteiger partial charge in [-0.2, -0.15) is 0 Å². The molecule has 0 radical (unpaired) electrons. The van der Waals surface area contributed by atoms with Crippen LogP contribution in [0.2, 0.25) is 0 Å². The largest absolute Gasteiger partial charge is 0.494 e. The molecule has 0 bridgehead atoms. The molecular formula is C20H29FN2O3. The second kappa shape index (κ2) is 8.82. The predicted octanol–water partition coefficient (Wildman–Crippen LogP) is 2.90. The number of nitrogens with zero attached hydrogens (tertiary/aromatic N) is 1. The summed E-state index contributed by atoms with van der Waals surface area (Å²) in [4.78, 5) is 14.1. The van der Waals surface area contributed by atoms with Gasteiger partial charge in [-0.25, -0.2) is 4.39 Å². The summed E-state index contributed by atoms with van der Waals surface area (Å²) in [6, 6.07) is 4.93. The Kier molecular flexibility index (Phi) is 6.48. The van der Waals surface area contributed by atoms with Crippen LogP contribution in [0.3, 0.4) is 0 Å². The lowest BCUT2D eigenvalue weighted by Gasteiger charge is -2.35. The van der Waals surface area contributed by atoms with E-state index >= 15 is 0 Å². The van der Waals surface area contributed by atoms with Crippen LogP contribution in [0.5, 0.6) is 5.75 Å². The van der Waals surface area contributed by atoms with E-state index in [-0.39, 0.29) is 36.2 Å². The number of hydrogen-bond acceptors (Lipinski definition) is 4. The molecule has 1 aliphatic heterocycles. The molecule has 0 aromatic heterocycles. The number of benzene rings is 1. The Morgan fingerprint density at radius 2 is 2.15 bits per heavy atom. The summed E-state index contributed by atoms with van der Waals surface area (Å²) in [5.41, 5.74) is 0.956. The van der Waals surface area contributed by atoms with E-state index in [1.807, 2.05) is 11.8 Å². The third kappa shape index (κ3) is 4.74. The lowest BCUT2D eigenvalue weighted by molar-refractivity contribution is -0.149. The number of morpholine rings is 1. The molecule has 0 spiro atoms. The minimum atomic E-state index is -0.361. The van der Waals surface area contributed by atoms with Crippen LogP contribution in [0.1, 0.15) is 44.2 Å². The molecule has 1 amide bonds. The number of amides is 1. The van der Waals surface area contributed by atoms with Gasteiger partial charge in [0.2, 0.25) is 5.91 Å². The summed E-state index contributed by atoms with van der Waals surface area (Å²) in [7, 11) is 1.46. The zero-order chi connectivity index (χ0) is 18.5. The Labute approximate surface area is 154 Å². The number of methoxy groups -OCH3 is 1. The second-order valence-corrected chi connectivity index (χ2v) is 7.41. The number of nitrogens with one attached hydrogen (secondary N) is 1. The minimum absolute atomic E-state index is 0.0149. The highest BCUT2D eigenvalue weighted by molar-refractivity contribution is 5.78. The van der Waals surface area contributed by atoms with Crippen LogP contribution in [0.25, 0.3) is 0 Å². The highest BCUT2D eigenvalue weighted by Crippen LogP contribution is 2.26. The van der Waals surface area contributed by atoms with Gasteiger partial charge in [0.15, 0.2) is 11.6 Å². The van der Waals surface area contributed by atoms with Crippen molar-refractivity contribution in [3.63, 3.8) is 0 Å². The molecular weight excluding hydrogens is 335 g/mol. The standard InChI is InChI=1S/C20H29FN2O3/c1-14(16-7-8-18(21)19(9-16)25-2)22-10-17-12-23(20(24)13-26-17)11-15-5-3-4-6-15/h7-9,14-15,17,22H,3-6,10-13H2,1-2H3/t14-,17?/m1/s1. The first-order valence-corrected chi connectivity index (χ1v) is 9.53. The van der Waals surface area contributed by atoms with Crippen LogP contribution in [-0.2, 0) is 9.53 Å². The maximum Gasteiger partial charge on any atom is 0.248 e. The Hall–Kier alpha value is -1.66. The summed E-state index contributed by atoms with van der Waals surface area (Å²) in [5.74, 6) is 0.638. The van der Waals surface area contributed by atoms with Crippen molar-refractivity contribution in [1.29, 1.82) is 0 Å². The minimum Gasteiger partial charge on any atom is -0.494 e. The average Bonchev–Trinajstić information content (AvgIpc) is 3.15. The first kappa shape index (κ1) is 19.1. The van der Waals surface area contributed by atoms with Gasteiger partial charge in [-0.1, -0.05) is 18.9 Å². The highest BCUT2D eigenvalue weighted by Gasteiger charge is 2.29. The van der Waals surface area contributed by atoms with Gasteiger partial charge in [0.25, 0.3) is 0 Å². The first-order valence-electron chi connectivity index (χ1n) is 9.53. The number of halogens is 1. The molecule has 144 valence electrons. The molecule has 26 heavy (non-hydrogen) atoms. The third-order valence-electron chi connectivity index (χ3n) is 5.50. The Morgan fingerprint density at radius 3 is 2.88 bits per heavy atom. The molecule has 2 atom stereocenters. The Morgan fingerprint density at radius 1 is 1.38 bits per heavy atom. The highest BCUT2D eigenvalue weighted by atomic mass is 19.1. The number of carbonyl (C=O) groups excluding carboxylic acids is 1. The third-order valence-corrected chi connectivity index (χ3v) is 5.50. The zero-order valence-corrected chi connectivity index (χ0v) is 15.7. The predicted molar refractivity (Wildman–Crippen MR) is 97.6 cm³/mol. The molecule has 1 aromatic rings. The van der Waals surface area contributed by atoms with E-state index in [0.29, 0.717) is 19.0 Å². The van der Waals surface area contributed by atoms with Gasteiger partial charge >= 0.3 is 0 Å². The number of ether oxygens (including phenoxy) is 2. The van der Waals surface area contributed by atoms with Gasteiger partial charge in [0, 0.05) is 25.7 Å². The van der Waals surface area contributed by atoms with E-state index in [1.165, 1.54) is 38.9 Å². The summed E-state index contributed by atoms with van der Waals surface area (Å²) in [5, 5.41) is 3.43. The summed E-state index contributed by atoms with van der Waals surface area (Å²) in [6.07, 6.45) is 5.02. The second-order valence-electron chi connectivity index (χ2n) is 7.41. The maximum absolute atomic E-state index is 13.6. The van der Waals surface area contributed by atoms with Gasteiger partial charge in [-0.3, -0.25) is 4.79 Å². The number of rotatable bonds is 7. The molecule has 1 saturated heterocycles. The molecule has 3 rings (SSSR count). The fraction of sp³-hybridized carbons (Fsp3) is 0.650. The van der Waals surface area contributed by atoms with Crippen LogP contribution >= 0.6 is 0 Å². The summed E-state index contributed by atoms with van der Waals surface area (Å²) >= 11 is 0. The van der Waals surface area contributed by atoms with E-state index in [9.17, 15) is 9.18 Å². The zero-order valence-electron chi connectivity index (χ0n) is 15.7. The van der Waals surface area contributed by atoms with Gasteiger partial charge in [0.05, 0.1) is 13.2 Å². The number of hydrogen-bond donors (Lipinski definition) is 1. The van der Waals surface area contributed by atoms with Gasteiger partial charge < -0.3 is 19.7 Å². The summed E-state index contributed by atoms with van der Waals surface area (Å²) < 4.78 is 24.3. The molecule has 1 unspecified atom stereocenters. The van der Waals surface area contributed by atoms with Crippen LogP contribution in [0, 0.1) is 11.7 Å². The van der Waals surface area contributed by atoms with Crippen molar-refractivity contribution >= 4 is 5.91 Å². The smallest absolute Gasteiger partial charge is 0.248 e. The van der Waals surface area contributed by atoms with Gasteiger partial charge in [-0.05, 0) is 43.4 Å². The van der Waals surface area contributed by atoms with Crippen LogP contribution in [0.4, 0.5) is 4.39 Å². The van der Waals surface area contributed by atoms with Crippen LogP contribution in [0.15, 0.2) is 18.2 Å². The fourth-order valence-electron chi connectivity index (χ4n) is 3.86. The lowest BCUT2D eigenvalue weighted by Crippen LogP contribution is -2.51. The Bertz CT molecular complexity index is 619. The fourth-order valence-corrected chi connectivity index (χ4v) is 3.86. The lowest BCUT2D eigenvalue weighted by atomic mass is 10.1. The summed E-state index contributed by atoms with van der Waals surface area (Å²) in [6.45, 7) is 4.34. The molecule has 1 aromatic carbocycles. The normalized spacial score (nSPS) is 22.7. The van der Waals surface area contributed by atoms with E-state index in [1.54, 1.807) is 12.1 Å². The average molecular weight is 364 g/mol. The van der Waals surface area contributed by atoms with Crippen molar-refractivity contribution in [2.45, 2.75) is 44.8 Å². The van der Waals surface area contributed by atoms with Gasteiger partial charge in [0.1, 0.15) is 6.61 Å². The Balaban J connectivity index is 1.51. The van der Waals surface area contributed by atoms with E-state index in [2.05, 4.69) is 5.32 Å². The molecule has 5 nitrogen and oxygen atoms in total. The van der Waals surface area contributed by atoms with Crippen molar-refractivity contribution in [3.8, 4) is 5.75 Å². The molecule has 2 aliphatic rings. The quantitative estimate of drug-likeness (QED) is 0.808. The van der Waals surface area contributed by atoms with E-state index < -0.39 is 0 Å². The van der Waals surface area contributed by atoms with Crippen LogP contribution < -0.4 is 10.1 Å². The monoisotopic (exact) mass is 364 g/mol. The maximum atomic E-state index is 13.6. The van der Waals surface area contributed by atoms with Crippen molar-refractivity contribution in [2.24, 2.45) is 5.92 Å².